The number of alkyl carbamates (subject to hydrolysis) is 2. The van der Waals surface area contributed by atoms with E-state index in [1.54, 1.807) is 55.4 Å². The molecule has 0 aromatic heterocycles. The van der Waals surface area contributed by atoms with Crippen LogP contribution in [0.2, 0.25) is 0 Å². The summed E-state index contributed by atoms with van der Waals surface area (Å²) in [5, 5.41) is 5.82. The van der Waals surface area contributed by atoms with Crippen molar-refractivity contribution in [3.63, 3.8) is 0 Å². The summed E-state index contributed by atoms with van der Waals surface area (Å²) in [6.07, 6.45) is -0.552. The maximum atomic E-state index is 11.5. The SMILES string of the molecule is CON(C)C(=O)[C@H](C)NC(=O)OC(C)(C)C.C[C@@H](C=O)NC(=O)OC(C)(C)C.[AlH3].[H-].[Li+]. The van der Waals surface area contributed by atoms with Crippen LogP contribution >= 0.6 is 0 Å². The van der Waals surface area contributed by atoms with E-state index >= 15 is 0 Å². The number of amides is 3. The van der Waals surface area contributed by atoms with Crippen LogP contribution in [0.3, 0.4) is 0 Å². The summed E-state index contributed by atoms with van der Waals surface area (Å²) in [6.45, 7) is 13.7. The van der Waals surface area contributed by atoms with Gasteiger partial charge in [0.2, 0.25) is 0 Å². The van der Waals surface area contributed by atoms with Crippen LogP contribution in [0.25, 0.3) is 0 Å². The van der Waals surface area contributed by atoms with Crippen molar-refractivity contribution in [3.05, 3.63) is 0 Å². The van der Waals surface area contributed by atoms with Crippen molar-refractivity contribution < 1.29 is 53.8 Å². The first-order valence-electron chi connectivity index (χ1n) is 8.78. The van der Waals surface area contributed by atoms with Gasteiger partial charge in [0.15, 0.2) is 17.4 Å². The quantitative estimate of drug-likeness (QED) is 0.285. The van der Waals surface area contributed by atoms with Crippen LogP contribution in [-0.2, 0) is 23.9 Å². The van der Waals surface area contributed by atoms with Gasteiger partial charge in [-0.15, -0.1) is 0 Å². The predicted molar refractivity (Wildman–Crippen MR) is 115 cm³/mol. The molecule has 0 saturated heterocycles. The molecule has 10 nitrogen and oxygen atoms in total. The van der Waals surface area contributed by atoms with Gasteiger partial charge >= 0.3 is 31.0 Å². The second-order valence-corrected chi connectivity index (χ2v) is 7.96. The van der Waals surface area contributed by atoms with E-state index in [2.05, 4.69) is 10.6 Å². The van der Waals surface area contributed by atoms with E-state index < -0.39 is 35.5 Å². The van der Waals surface area contributed by atoms with Gasteiger partial charge in [-0.3, -0.25) is 9.63 Å². The molecule has 0 aromatic carbocycles. The van der Waals surface area contributed by atoms with Gasteiger partial charge in [-0.25, -0.2) is 14.7 Å². The van der Waals surface area contributed by atoms with Crippen molar-refractivity contribution in [3.8, 4) is 0 Å². The molecule has 0 aliphatic rings. The summed E-state index contributed by atoms with van der Waals surface area (Å²) in [7, 11) is 2.84. The standard InChI is InChI=1S/C10H20N2O4.C8H15NO3.Al.Li.4H/c1-7(8(13)12(5)15-6)11-9(14)16-10(2,3)4;1-6(5-10)9-7(11)12-8(2,3)4;;;;;;/h7H,1-6H3,(H,11,14);5-6H,1-4H3,(H,9,11);;;;;;/q;;;+1;;;;-1/t7-;6-;;;;;;/m00....../s1. The molecular weight excluding hydrogens is 404 g/mol. The van der Waals surface area contributed by atoms with Crippen molar-refractivity contribution in [1.29, 1.82) is 0 Å². The minimum absolute atomic E-state index is 0. The Morgan fingerprint density at radius 3 is 1.60 bits per heavy atom. The Kier molecular flexibility index (Phi) is 19.8. The van der Waals surface area contributed by atoms with Crippen LogP contribution in [0, 0.1) is 0 Å². The third-order valence-corrected chi connectivity index (χ3v) is 2.64. The van der Waals surface area contributed by atoms with Gasteiger partial charge in [-0.1, -0.05) is 0 Å². The molecule has 0 radical (unpaired) electrons. The number of rotatable bonds is 5. The van der Waals surface area contributed by atoms with Gasteiger partial charge in [0, 0.05) is 7.05 Å². The van der Waals surface area contributed by atoms with Gasteiger partial charge < -0.3 is 26.3 Å². The smallest absolute Gasteiger partial charge is 1.00 e. The molecule has 0 unspecified atom stereocenters. The fraction of sp³-hybridized carbons (Fsp3) is 0.778. The molecule has 0 bridgehead atoms. The zero-order valence-electron chi connectivity index (χ0n) is 20.5. The van der Waals surface area contributed by atoms with E-state index in [-0.39, 0.29) is 43.6 Å². The first-order valence-corrected chi connectivity index (χ1v) is 8.78. The molecule has 0 rings (SSSR count). The first-order chi connectivity index (χ1) is 12.5. The minimum Gasteiger partial charge on any atom is -1.00 e. The number of aldehydes is 1. The normalized spacial score (nSPS) is 12.2. The molecule has 3 amide bonds. The number of likely N-dealkylation sites (N-methyl/N-ethyl adjacent to an activating group) is 1. The van der Waals surface area contributed by atoms with Gasteiger partial charge in [-0.2, -0.15) is 0 Å². The van der Waals surface area contributed by atoms with E-state index in [0.717, 1.165) is 5.06 Å². The van der Waals surface area contributed by atoms with Crippen LogP contribution in [-0.4, -0.2) is 84.2 Å². The fourth-order valence-corrected chi connectivity index (χ4v) is 1.44. The van der Waals surface area contributed by atoms with E-state index in [9.17, 15) is 19.2 Å². The Morgan fingerprint density at radius 1 is 0.933 bits per heavy atom. The Hall–Kier alpha value is -1.23. The van der Waals surface area contributed by atoms with Crippen molar-refractivity contribution in [2.75, 3.05) is 14.2 Å². The molecule has 172 valence electrons. The monoisotopic (exact) mass is 443 g/mol. The number of nitrogens with zero attached hydrogens (tertiary/aromatic N) is 1. The zero-order valence-corrected chi connectivity index (χ0v) is 19.5. The molecule has 0 fully saturated rings. The Labute approximate surface area is 203 Å². The molecule has 0 aromatic rings. The number of ether oxygens (including phenoxy) is 2. The van der Waals surface area contributed by atoms with Crippen molar-refractivity contribution in [2.24, 2.45) is 0 Å². The summed E-state index contributed by atoms with van der Waals surface area (Å²) in [6, 6.07) is -1.19. The van der Waals surface area contributed by atoms with E-state index in [0.29, 0.717) is 6.29 Å². The maximum Gasteiger partial charge on any atom is 1.00 e. The van der Waals surface area contributed by atoms with Crippen LogP contribution in [0.5, 0.6) is 0 Å². The molecule has 0 saturated carbocycles. The van der Waals surface area contributed by atoms with Crippen LogP contribution < -0.4 is 29.5 Å². The van der Waals surface area contributed by atoms with Gasteiger partial charge in [-0.05, 0) is 55.4 Å². The van der Waals surface area contributed by atoms with Crippen molar-refractivity contribution in [2.45, 2.75) is 78.7 Å². The maximum absolute atomic E-state index is 11.5. The summed E-state index contributed by atoms with van der Waals surface area (Å²) < 4.78 is 9.91. The van der Waals surface area contributed by atoms with Gasteiger partial charge in [0.25, 0.3) is 5.91 Å². The van der Waals surface area contributed by atoms with E-state index in [1.165, 1.54) is 14.2 Å². The van der Waals surface area contributed by atoms with Crippen molar-refractivity contribution >= 4 is 41.7 Å². The average molecular weight is 443 g/mol. The molecule has 12 heteroatoms. The zero-order chi connectivity index (χ0) is 22.7. The minimum atomic E-state index is -0.695. The molecule has 2 N–H and O–H groups in total. The molecular formula is C18H39AlLiN3O7. The van der Waals surface area contributed by atoms with Crippen LogP contribution in [0.15, 0.2) is 0 Å². The Morgan fingerprint density at radius 2 is 1.30 bits per heavy atom. The van der Waals surface area contributed by atoms with E-state index in [4.69, 9.17) is 14.3 Å². The third-order valence-electron chi connectivity index (χ3n) is 2.64. The predicted octanol–water partition coefficient (Wildman–Crippen LogP) is -2.05. The molecule has 0 heterocycles. The number of hydrogen-bond donors (Lipinski definition) is 2. The second kappa shape index (κ2) is 16.5. The number of carbonyl (C=O) groups is 4. The van der Waals surface area contributed by atoms with Gasteiger partial charge in [0.1, 0.15) is 23.5 Å². The summed E-state index contributed by atoms with van der Waals surface area (Å²) in [4.78, 5) is 48.6. The summed E-state index contributed by atoms with van der Waals surface area (Å²) in [5.41, 5.74) is -1.10. The van der Waals surface area contributed by atoms with Crippen molar-refractivity contribution in [1.82, 2.24) is 15.7 Å². The summed E-state index contributed by atoms with van der Waals surface area (Å²) in [5.74, 6) is -0.353. The third kappa shape index (κ3) is 21.5. The number of nitrogens with one attached hydrogen (secondary N) is 2. The molecule has 30 heavy (non-hydrogen) atoms. The fourth-order valence-electron chi connectivity index (χ4n) is 1.44. The molecule has 0 aliphatic heterocycles. The van der Waals surface area contributed by atoms with Crippen LogP contribution in [0.4, 0.5) is 9.59 Å². The topological polar surface area (TPSA) is 123 Å². The first kappa shape index (κ1) is 36.2. The van der Waals surface area contributed by atoms with Crippen LogP contribution in [0.1, 0.15) is 56.8 Å². The second-order valence-electron chi connectivity index (χ2n) is 7.96. The average Bonchev–Trinajstić information content (AvgIpc) is 2.49. The Bertz CT molecular complexity index is 543. The molecule has 0 aliphatic carbocycles. The van der Waals surface area contributed by atoms with Gasteiger partial charge in [0.05, 0.1) is 13.2 Å². The number of carbonyl (C=O) groups excluding carboxylic acids is 4. The summed E-state index contributed by atoms with van der Waals surface area (Å²) >= 11 is 0. The molecule has 2 atom stereocenters. The molecule has 0 spiro atoms. The Balaban J connectivity index is -0.000000137. The van der Waals surface area contributed by atoms with E-state index in [1.807, 2.05) is 0 Å². The largest absolute Gasteiger partial charge is 1.00 e. The number of hydroxylamine groups is 2. The number of hydrogen-bond acceptors (Lipinski definition) is 7.